The quantitative estimate of drug-likeness (QED) is 0.367. The third-order valence-corrected chi connectivity index (χ3v) is 3.89. The second kappa shape index (κ2) is 4.31. The molecule has 0 saturated carbocycles. The molecule has 4 nitrogen and oxygen atoms in total. The minimum atomic E-state index is -3.59. The van der Waals surface area contributed by atoms with Crippen LogP contribution in [-0.4, -0.2) is 24.4 Å². The Balaban J connectivity index is 0.00000144. The molecule has 3 unspecified atom stereocenters. The molecule has 6 heteroatoms. The van der Waals surface area contributed by atoms with Gasteiger partial charge in [0.25, 0.3) is 0 Å². The van der Waals surface area contributed by atoms with Crippen molar-refractivity contribution in [2.75, 3.05) is 6.66 Å². The summed E-state index contributed by atoms with van der Waals surface area (Å²) in [5.41, 5.74) is -1.42. The van der Waals surface area contributed by atoms with Gasteiger partial charge in [-0.1, -0.05) is 0 Å². The summed E-state index contributed by atoms with van der Waals surface area (Å²) in [4.78, 5) is 11.2. The summed E-state index contributed by atoms with van der Waals surface area (Å²) in [6, 6.07) is 0. The molecule has 0 amide bonds. The number of hydrogen-bond donors (Lipinski definition) is 0. The maximum atomic E-state index is 11.2. The molecular formula is C7H14NaO4P. The third kappa shape index (κ3) is 2.78. The normalized spacial score (nSPS) is 43.8. The minimum absolute atomic E-state index is 0. The third-order valence-electron chi connectivity index (χ3n) is 2.21. The van der Waals surface area contributed by atoms with Crippen LogP contribution in [-0.2, 0) is 14.0 Å². The summed E-state index contributed by atoms with van der Waals surface area (Å²) >= 11 is 0. The molecule has 0 N–H and O–H groups in total. The van der Waals surface area contributed by atoms with Crippen LogP contribution >= 0.6 is 7.37 Å². The van der Waals surface area contributed by atoms with Crippen LogP contribution in [0.2, 0.25) is 0 Å². The Morgan fingerprint density at radius 3 is 1.77 bits per heavy atom. The van der Waals surface area contributed by atoms with Gasteiger partial charge in [-0.25, -0.2) is 0 Å². The Morgan fingerprint density at radius 2 is 1.62 bits per heavy atom. The molecule has 0 radical (unpaired) electrons. The molecule has 1 rings (SSSR count). The van der Waals surface area contributed by atoms with Crippen molar-refractivity contribution >= 4 is 7.37 Å². The summed E-state index contributed by atoms with van der Waals surface area (Å²) in [5.74, 6) is 0. The van der Waals surface area contributed by atoms with E-state index in [1.54, 1.807) is 13.8 Å². The second-order valence-electron chi connectivity index (χ2n) is 3.39. The van der Waals surface area contributed by atoms with Crippen molar-refractivity contribution in [3.8, 4) is 0 Å². The van der Waals surface area contributed by atoms with Crippen molar-refractivity contribution < 1.29 is 48.5 Å². The molecule has 1 heterocycles. The average Bonchev–Trinajstić information content (AvgIpc) is 2.06. The predicted octanol–water partition coefficient (Wildman–Crippen LogP) is -2.24. The van der Waals surface area contributed by atoms with E-state index in [0.717, 1.165) is 6.66 Å². The zero-order valence-electron chi connectivity index (χ0n) is 8.73. The maximum absolute atomic E-state index is 11.2. The fourth-order valence-corrected chi connectivity index (χ4v) is 1.82. The van der Waals surface area contributed by atoms with Gasteiger partial charge in [-0.15, -0.1) is 0 Å². The monoisotopic (exact) mass is 216 g/mol. The van der Waals surface area contributed by atoms with E-state index in [2.05, 4.69) is 0 Å². The van der Waals surface area contributed by atoms with Crippen LogP contribution in [0.5, 0.6) is 0 Å². The van der Waals surface area contributed by atoms with Crippen LogP contribution < -0.4 is 34.5 Å². The Labute approximate surface area is 101 Å². The van der Waals surface area contributed by atoms with Crippen molar-refractivity contribution in [1.82, 2.24) is 0 Å². The van der Waals surface area contributed by atoms with Gasteiger partial charge in [0.1, 0.15) is 0 Å². The van der Waals surface area contributed by atoms with Crippen LogP contribution in [0.1, 0.15) is 20.8 Å². The summed E-state index contributed by atoms with van der Waals surface area (Å²) in [5, 5.41) is 0. The van der Waals surface area contributed by atoms with Gasteiger partial charge in [0.05, 0.1) is 19.6 Å². The van der Waals surface area contributed by atoms with Crippen LogP contribution in [0, 0.1) is 0 Å². The van der Waals surface area contributed by atoms with Gasteiger partial charge in [-0.05, 0) is 27.4 Å². The molecule has 0 aromatic heterocycles. The van der Waals surface area contributed by atoms with E-state index in [1.807, 2.05) is 0 Å². The predicted molar refractivity (Wildman–Crippen MR) is 43.0 cm³/mol. The molecule has 1 fully saturated rings. The Kier molecular flexibility index (Phi) is 4.68. The zero-order valence-corrected chi connectivity index (χ0v) is 11.6. The Bertz CT molecular complexity index is 217. The van der Waals surface area contributed by atoms with Gasteiger partial charge in [0.15, 0.2) is 0 Å². The first-order chi connectivity index (χ1) is 5.26. The van der Waals surface area contributed by atoms with Crippen molar-refractivity contribution in [3.05, 3.63) is 0 Å². The minimum Gasteiger partial charge on any atom is -0.796 e. The fourth-order valence-electron chi connectivity index (χ4n) is 1.10. The standard InChI is InChI=1S/C7H15O4P.Na/c1-5-6(2)11-7(3,10-5)12(4,8)9;/h5-6H,1-4H3,(H,8,9);/q;+1/p-1. The van der Waals surface area contributed by atoms with Crippen molar-refractivity contribution in [2.45, 2.75) is 38.5 Å². The summed E-state index contributed by atoms with van der Waals surface area (Å²) in [7, 11) is -3.59. The van der Waals surface area contributed by atoms with E-state index in [9.17, 15) is 9.46 Å². The Hall–Kier alpha value is 1.11. The molecular weight excluding hydrogens is 202 g/mol. The molecule has 13 heavy (non-hydrogen) atoms. The van der Waals surface area contributed by atoms with Crippen molar-refractivity contribution in [1.29, 1.82) is 0 Å². The summed E-state index contributed by atoms with van der Waals surface area (Å²) in [6.45, 7) is 6.18. The van der Waals surface area contributed by atoms with Gasteiger partial charge in [-0.3, -0.25) is 0 Å². The molecule has 3 atom stereocenters. The Morgan fingerprint density at radius 1 is 1.31 bits per heavy atom. The van der Waals surface area contributed by atoms with E-state index in [1.165, 1.54) is 6.92 Å². The smallest absolute Gasteiger partial charge is 0.796 e. The average molecular weight is 216 g/mol. The first kappa shape index (κ1) is 14.1. The molecule has 0 bridgehead atoms. The largest absolute Gasteiger partial charge is 1.00 e. The molecule has 72 valence electrons. The van der Waals surface area contributed by atoms with Gasteiger partial charge >= 0.3 is 29.6 Å². The molecule has 0 aliphatic carbocycles. The van der Waals surface area contributed by atoms with Crippen LogP contribution in [0.4, 0.5) is 0 Å². The first-order valence-electron chi connectivity index (χ1n) is 3.90. The van der Waals surface area contributed by atoms with E-state index < -0.39 is 12.9 Å². The molecule has 0 aromatic carbocycles. The van der Waals surface area contributed by atoms with E-state index in [-0.39, 0.29) is 41.8 Å². The number of rotatable bonds is 1. The van der Waals surface area contributed by atoms with Crippen LogP contribution in [0.3, 0.4) is 0 Å². The SMILES string of the molecule is CC1OC(C)(P(C)(=O)[O-])OC1C.[Na+]. The van der Waals surface area contributed by atoms with Gasteiger partial charge in [0, 0.05) is 0 Å². The van der Waals surface area contributed by atoms with E-state index >= 15 is 0 Å². The van der Waals surface area contributed by atoms with Crippen molar-refractivity contribution in [3.63, 3.8) is 0 Å². The molecule has 1 aliphatic rings. The molecule has 1 saturated heterocycles. The van der Waals surface area contributed by atoms with E-state index in [0.29, 0.717) is 0 Å². The van der Waals surface area contributed by atoms with Gasteiger partial charge in [0.2, 0.25) is 5.53 Å². The number of hydrogen-bond acceptors (Lipinski definition) is 4. The summed E-state index contributed by atoms with van der Waals surface area (Å²) in [6.07, 6.45) is -0.338. The molecule has 0 spiro atoms. The number of ether oxygens (including phenoxy) is 2. The van der Waals surface area contributed by atoms with Crippen LogP contribution in [0.25, 0.3) is 0 Å². The zero-order chi connectivity index (χ0) is 9.57. The second-order valence-corrected chi connectivity index (χ2v) is 5.89. The van der Waals surface area contributed by atoms with Crippen LogP contribution in [0.15, 0.2) is 0 Å². The topological polar surface area (TPSA) is 58.6 Å². The maximum Gasteiger partial charge on any atom is 1.00 e. The van der Waals surface area contributed by atoms with E-state index in [4.69, 9.17) is 9.47 Å². The van der Waals surface area contributed by atoms with Gasteiger partial charge < -0.3 is 18.9 Å². The summed E-state index contributed by atoms with van der Waals surface area (Å²) < 4.78 is 21.7. The van der Waals surface area contributed by atoms with Gasteiger partial charge in [-0.2, -0.15) is 0 Å². The molecule has 0 aromatic rings. The van der Waals surface area contributed by atoms with Crippen molar-refractivity contribution in [2.24, 2.45) is 0 Å². The first-order valence-corrected chi connectivity index (χ1v) is 5.98. The molecule has 1 aliphatic heterocycles. The fraction of sp³-hybridized carbons (Fsp3) is 1.00.